The molecule has 1 aliphatic rings. The maximum absolute atomic E-state index is 8.69. The summed E-state index contributed by atoms with van der Waals surface area (Å²) >= 11 is 0. The summed E-state index contributed by atoms with van der Waals surface area (Å²) in [4.78, 5) is 1.78. The largest absolute Gasteiger partial charge is 0.411 e. The molecule has 11 heavy (non-hydrogen) atoms. The van der Waals surface area contributed by atoms with Crippen LogP contribution in [0.25, 0.3) is 0 Å². The van der Waals surface area contributed by atoms with Crippen molar-refractivity contribution in [1.29, 1.82) is 0 Å². The first-order chi connectivity index (χ1) is 5.36. The lowest BCUT2D eigenvalue weighted by Crippen LogP contribution is -1.87. The monoisotopic (exact) mass is 189 g/mol. The van der Waals surface area contributed by atoms with Gasteiger partial charge in [0.2, 0.25) is 0 Å². The van der Waals surface area contributed by atoms with Crippen LogP contribution in [0.4, 0.5) is 0 Å². The zero-order valence-electron chi connectivity index (χ0n) is 5.60. The van der Waals surface area contributed by atoms with Crippen LogP contribution in [0.15, 0.2) is 27.1 Å². The predicted octanol–water partition coefficient (Wildman–Crippen LogP) is 1.60. The standard InChI is InChI=1S/C6H7NO2S2/c8-4-6-2-1-5(3-7-9)10-11-6/h1-3,8-9H,4H2/b7-3-. The van der Waals surface area contributed by atoms with Gasteiger partial charge in [0.15, 0.2) is 0 Å². The highest BCUT2D eigenvalue weighted by Crippen LogP contribution is 2.38. The van der Waals surface area contributed by atoms with Gasteiger partial charge in [-0.15, -0.1) is 0 Å². The number of rotatable bonds is 2. The third-order valence-electron chi connectivity index (χ3n) is 1.02. The van der Waals surface area contributed by atoms with Crippen LogP contribution in [0.2, 0.25) is 0 Å². The van der Waals surface area contributed by atoms with E-state index in [1.165, 1.54) is 27.8 Å². The summed E-state index contributed by atoms with van der Waals surface area (Å²) in [5.74, 6) is 0. The van der Waals surface area contributed by atoms with E-state index in [0.29, 0.717) is 0 Å². The van der Waals surface area contributed by atoms with Crippen molar-refractivity contribution >= 4 is 27.8 Å². The van der Waals surface area contributed by atoms with Gasteiger partial charge in [-0.25, -0.2) is 0 Å². The Labute approximate surface area is 72.3 Å². The Morgan fingerprint density at radius 3 is 2.73 bits per heavy atom. The summed E-state index contributed by atoms with van der Waals surface area (Å²) < 4.78 is 0. The SMILES string of the molecule is OCC1=CC=C(/C=N\O)SS1. The molecule has 0 aromatic heterocycles. The molecule has 0 aliphatic carbocycles. The molecule has 0 radical (unpaired) electrons. The molecule has 1 aliphatic heterocycles. The summed E-state index contributed by atoms with van der Waals surface area (Å²) in [6, 6.07) is 0. The molecule has 0 saturated heterocycles. The van der Waals surface area contributed by atoms with Gasteiger partial charge in [-0.3, -0.25) is 0 Å². The van der Waals surface area contributed by atoms with Crippen LogP contribution >= 0.6 is 21.6 Å². The quantitative estimate of drug-likeness (QED) is 0.300. The molecular weight excluding hydrogens is 182 g/mol. The van der Waals surface area contributed by atoms with Crippen molar-refractivity contribution in [2.75, 3.05) is 6.61 Å². The van der Waals surface area contributed by atoms with E-state index >= 15 is 0 Å². The van der Waals surface area contributed by atoms with Crippen molar-refractivity contribution in [2.24, 2.45) is 5.16 Å². The number of nitrogens with zero attached hydrogens (tertiary/aromatic N) is 1. The van der Waals surface area contributed by atoms with Crippen LogP contribution in [-0.4, -0.2) is 23.1 Å². The molecule has 1 rings (SSSR count). The highest BCUT2D eigenvalue weighted by atomic mass is 33.1. The van der Waals surface area contributed by atoms with E-state index in [2.05, 4.69) is 5.16 Å². The first kappa shape index (κ1) is 8.70. The molecule has 0 spiro atoms. The molecule has 0 saturated carbocycles. The maximum atomic E-state index is 8.69. The molecule has 0 bridgehead atoms. The second-order valence-electron chi connectivity index (χ2n) is 1.77. The fourth-order valence-electron chi connectivity index (χ4n) is 0.533. The van der Waals surface area contributed by atoms with Crippen LogP contribution in [-0.2, 0) is 0 Å². The van der Waals surface area contributed by atoms with Crippen molar-refractivity contribution in [3.63, 3.8) is 0 Å². The van der Waals surface area contributed by atoms with Crippen LogP contribution in [0, 0.1) is 0 Å². The maximum Gasteiger partial charge on any atom is 0.0806 e. The first-order valence-electron chi connectivity index (χ1n) is 2.90. The molecule has 0 amide bonds. The summed E-state index contributed by atoms with van der Waals surface area (Å²) in [7, 11) is 2.93. The number of oxime groups is 1. The van der Waals surface area contributed by atoms with E-state index in [4.69, 9.17) is 10.3 Å². The molecule has 0 aromatic rings. The summed E-state index contributed by atoms with van der Waals surface area (Å²) in [6.07, 6.45) is 4.97. The Morgan fingerprint density at radius 1 is 1.45 bits per heavy atom. The molecule has 0 fully saturated rings. The molecule has 0 unspecified atom stereocenters. The smallest absolute Gasteiger partial charge is 0.0806 e. The Balaban J connectivity index is 2.61. The van der Waals surface area contributed by atoms with Gasteiger partial charge >= 0.3 is 0 Å². The lowest BCUT2D eigenvalue weighted by atomic mass is 10.4. The van der Waals surface area contributed by atoms with E-state index < -0.39 is 0 Å². The highest BCUT2D eigenvalue weighted by molar-refractivity contribution is 8.79. The fourth-order valence-corrected chi connectivity index (χ4v) is 2.36. The zero-order valence-corrected chi connectivity index (χ0v) is 7.23. The van der Waals surface area contributed by atoms with Gasteiger partial charge in [0, 0.05) is 9.81 Å². The average molecular weight is 189 g/mol. The predicted molar refractivity (Wildman–Crippen MR) is 48.7 cm³/mol. The van der Waals surface area contributed by atoms with Crippen molar-refractivity contribution in [2.45, 2.75) is 0 Å². The van der Waals surface area contributed by atoms with Gasteiger partial charge in [0.05, 0.1) is 12.8 Å². The minimum Gasteiger partial charge on any atom is -0.411 e. The van der Waals surface area contributed by atoms with Crippen LogP contribution in [0.3, 0.4) is 0 Å². The number of allylic oxidation sites excluding steroid dienone is 3. The second kappa shape index (κ2) is 4.48. The number of hydrogen-bond acceptors (Lipinski definition) is 5. The van der Waals surface area contributed by atoms with Crippen molar-refractivity contribution in [3.8, 4) is 0 Å². The average Bonchev–Trinajstić information content (AvgIpc) is 2.07. The van der Waals surface area contributed by atoms with Crippen molar-refractivity contribution < 1.29 is 10.3 Å². The summed E-state index contributed by atoms with van der Waals surface area (Å²) in [5, 5.41) is 19.8. The van der Waals surface area contributed by atoms with Gasteiger partial charge in [-0.2, -0.15) is 0 Å². The van der Waals surface area contributed by atoms with E-state index in [9.17, 15) is 0 Å². The summed E-state index contributed by atoms with van der Waals surface area (Å²) in [5.41, 5.74) is 0. The Morgan fingerprint density at radius 2 is 2.27 bits per heavy atom. The fraction of sp³-hybridized carbons (Fsp3) is 0.167. The molecular formula is C6H7NO2S2. The lowest BCUT2D eigenvalue weighted by Gasteiger charge is -2.06. The molecule has 5 heteroatoms. The van der Waals surface area contributed by atoms with Gasteiger partial charge in [-0.1, -0.05) is 26.7 Å². The van der Waals surface area contributed by atoms with Crippen LogP contribution < -0.4 is 0 Å². The van der Waals surface area contributed by atoms with Crippen molar-refractivity contribution in [1.82, 2.24) is 0 Å². The van der Waals surface area contributed by atoms with E-state index in [1.54, 1.807) is 12.2 Å². The second-order valence-corrected chi connectivity index (χ2v) is 4.10. The van der Waals surface area contributed by atoms with Crippen molar-refractivity contribution in [3.05, 3.63) is 22.0 Å². The minimum atomic E-state index is 0.0672. The van der Waals surface area contributed by atoms with Gasteiger partial charge in [0.1, 0.15) is 0 Å². The molecule has 1 heterocycles. The van der Waals surface area contributed by atoms with Crippen LogP contribution in [0.1, 0.15) is 0 Å². The normalized spacial score (nSPS) is 18.3. The Hall–Kier alpha value is -0.390. The van der Waals surface area contributed by atoms with Gasteiger partial charge in [-0.05, 0) is 12.2 Å². The molecule has 0 aromatic carbocycles. The van der Waals surface area contributed by atoms with E-state index in [-0.39, 0.29) is 6.61 Å². The molecule has 3 nitrogen and oxygen atoms in total. The molecule has 60 valence electrons. The number of aliphatic hydroxyl groups is 1. The number of aliphatic hydroxyl groups excluding tert-OH is 1. The highest BCUT2D eigenvalue weighted by Gasteiger charge is 2.04. The first-order valence-corrected chi connectivity index (χ1v) is 5.05. The van der Waals surface area contributed by atoms with Crippen LogP contribution in [0.5, 0.6) is 0 Å². The van der Waals surface area contributed by atoms with Gasteiger partial charge in [0.25, 0.3) is 0 Å². The zero-order chi connectivity index (χ0) is 8.10. The van der Waals surface area contributed by atoms with E-state index in [1.807, 2.05) is 0 Å². The topological polar surface area (TPSA) is 52.8 Å². The molecule has 0 atom stereocenters. The van der Waals surface area contributed by atoms with Gasteiger partial charge < -0.3 is 10.3 Å². The Kier molecular flexibility index (Phi) is 3.55. The summed E-state index contributed by atoms with van der Waals surface area (Å²) in [6.45, 7) is 0.0672. The Bertz CT molecular complexity index is 223. The third-order valence-corrected chi connectivity index (χ3v) is 3.49. The third kappa shape index (κ3) is 2.61. The minimum absolute atomic E-state index is 0.0672. The number of hydrogen-bond donors (Lipinski definition) is 2. The molecule has 2 N–H and O–H groups in total. The van der Waals surface area contributed by atoms with E-state index in [0.717, 1.165) is 9.81 Å². The lowest BCUT2D eigenvalue weighted by molar-refractivity contribution is 0.322.